The first-order valence-electron chi connectivity index (χ1n) is 15.1. The van der Waals surface area contributed by atoms with E-state index in [1.165, 1.54) is 11.1 Å². The summed E-state index contributed by atoms with van der Waals surface area (Å²) in [7, 11) is 0. The second-order valence-corrected chi connectivity index (χ2v) is 10.3. The van der Waals surface area contributed by atoms with Crippen LogP contribution in [0.15, 0.2) is 60.7 Å². The minimum atomic E-state index is -0.353. The lowest BCUT2D eigenvalue weighted by molar-refractivity contribution is -0.129. The van der Waals surface area contributed by atoms with Gasteiger partial charge in [0, 0.05) is 25.3 Å². The van der Waals surface area contributed by atoms with E-state index in [-0.39, 0.29) is 11.8 Å². The van der Waals surface area contributed by atoms with E-state index in [9.17, 15) is 9.59 Å². The molecule has 0 saturated carbocycles. The molecule has 0 aliphatic rings. The average Bonchev–Trinajstić information content (AvgIpc) is 2.99. The number of rotatable bonds is 24. The van der Waals surface area contributed by atoms with Gasteiger partial charge in [0.1, 0.15) is 0 Å². The van der Waals surface area contributed by atoms with Gasteiger partial charge in [-0.3, -0.25) is 14.8 Å². The van der Waals surface area contributed by atoms with Crippen LogP contribution in [-0.4, -0.2) is 62.8 Å². The summed E-state index contributed by atoms with van der Waals surface area (Å²) in [6, 6.07) is 21.6. The summed E-state index contributed by atoms with van der Waals surface area (Å²) in [4.78, 5) is 22.8. The highest BCUT2D eigenvalue weighted by atomic mass is 16.5. The smallest absolute Gasteiger partial charge is 0.243 e. The molecule has 0 aromatic heterocycles. The van der Waals surface area contributed by atoms with E-state index in [0.717, 1.165) is 90.6 Å². The van der Waals surface area contributed by atoms with Crippen molar-refractivity contribution in [1.29, 1.82) is 0 Å². The highest BCUT2D eigenvalue weighted by Gasteiger charge is 2.13. The van der Waals surface area contributed by atoms with Gasteiger partial charge in [-0.15, -0.1) is 0 Å². The molecular formula is C32H51N5O3. The number of hydrogen-bond donors (Lipinski definition) is 6. The lowest BCUT2D eigenvalue weighted by Crippen LogP contribution is -2.28. The average molecular weight is 554 g/mol. The molecule has 2 aromatic carbocycles. The highest BCUT2D eigenvalue weighted by Crippen LogP contribution is 2.27. The van der Waals surface area contributed by atoms with Gasteiger partial charge in [0.2, 0.25) is 11.8 Å². The summed E-state index contributed by atoms with van der Waals surface area (Å²) in [5, 5.41) is 22.0. The van der Waals surface area contributed by atoms with Crippen molar-refractivity contribution < 1.29 is 14.8 Å². The molecule has 0 heterocycles. The molecular weight excluding hydrogens is 502 g/mol. The molecule has 0 radical (unpaired) electrons. The van der Waals surface area contributed by atoms with Crippen molar-refractivity contribution in [2.75, 3.05) is 45.8 Å². The van der Waals surface area contributed by atoms with Crippen LogP contribution in [0.3, 0.4) is 0 Å². The monoisotopic (exact) mass is 553 g/mol. The molecule has 6 N–H and O–H groups in total. The molecule has 0 unspecified atom stereocenters. The van der Waals surface area contributed by atoms with Crippen molar-refractivity contribution in [2.24, 2.45) is 0 Å². The molecule has 8 heteroatoms. The van der Waals surface area contributed by atoms with Crippen molar-refractivity contribution >= 4 is 11.8 Å². The van der Waals surface area contributed by atoms with E-state index in [2.05, 4.69) is 81.9 Å². The number of benzene rings is 2. The normalized spacial score (nSPS) is 11.1. The molecule has 0 fully saturated rings. The zero-order chi connectivity index (χ0) is 28.5. The summed E-state index contributed by atoms with van der Waals surface area (Å²) in [6.45, 7) is 6.66. The van der Waals surface area contributed by atoms with Gasteiger partial charge in [0.15, 0.2) is 0 Å². The van der Waals surface area contributed by atoms with E-state index in [0.29, 0.717) is 25.3 Å². The fraction of sp³-hybridized carbons (Fsp3) is 0.562. The van der Waals surface area contributed by atoms with Crippen molar-refractivity contribution in [1.82, 2.24) is 26.7 Å². The van der Waals surface area contributed by atoms with Crippen molar-refractivity contribution in [3.05, 3.63) is 71.8 Å². The van der Waals surface area contributed by atoms with Crippen LogP contribution in [-0.2, 0) is 9.59 Å². The van der Waals surface area contributed by atoms with Gasteiger partial charge in [0.25, 0.3) is 0 Å². The molecule has 0 saturated heterocycles. The molecule has 2 rings (SSSR count). The number of unbranched alkanes of at least 4 members (excludes halogenated alkanes) is 3. The maximum atomic E-state index is 11.9. The number of carbonyl (C=O) groups is 2. The van der Waals surface area contributed by atoms with Gasteiger partial charge in [-0.2, -0.15) is 0 Å². The molecule has 40 heavy (non-hydrogen) atoms. The Morgan fingerprint density at radius 1 is 0.550 bits per heavy atom. The second-order valence-electron chi connectivity index (χ2n) is 10.3. The van der Waals surface area contributed by atoms with Gasteiger partial charge in [-0.05, 0) is 88.9 Å². The Kier molecular flexibility index (Phi) is 19.2. The number of hydroxylamine groups is 1. The van der Waals surface area contributed by atoms with Crippen LogP contribution in [0.4, 0.5) is 0 Å². The van der Waals surface area contributed by atoms with Crippen LogP contribution in [0.2, 0.25) is 0 Å². The molecule has 0 aliphatic heterocycles. The fourth-order valence-corrected chi connectivity index (χ4v) is 4.70. The number of carbonyl (C=O) groups excluding carboxylic acids is 2. The predicted octanol–water partition coefficient (Wildman–Crippen LogP) is 4.11. The van der Waals surface area contributed by atoms with E-state index in [1.807, 2.05) is 0 Å². The summed E-state index contributed by atoms with van der Waals surface area (Å²) in [6.07, 6.45) is 8.46. The first kappa shape index (κ1) is 33.4. The van der Waals surface area contributed by atoms with Gasteiger partial charge in [-0.1, -0.05) is 73.5 Å². The van der Waals surface area contributed by atoms with Crippen LogP contribution in [0, 0.1) is 0 Å². The molecule has 0 spiro atoms. The molecule has 222 valence electrons. The lowest BCUT2D eigenvalue weighted by atomic mass is 9.88. The third-order valence-electron chi connectivity index (χ3n) is 6.96. The zero-order valence-corrected chi connectivity index (χ0v) is 24.1. The molecule has 0 bridgehead atoms. The minimum Gasteiger partial charge on any atom is -0.356 e. The Morgan fingerprint density at radius 3 is 1.50 bits per heavy atom. The van der Waals surface area contributed by atoms with E-state index in [1.54, 1.807) is 5.48 Å². The van der Waals surface area contributed by atoms with Crippen LogP contribution in [0.1, 0.15) is 81.3 Å². The molecule has 8 nitrogen and oxygen atoms in total. The van der Waals surface area contributed by atoms with Gasteiger partial charge < -0.3 is 21.3 Å². The van der Waals surface area contributed by atoms with Gasteiger partial charge >= 0.3 is 0 Å². The van der Waals surface area contributed by atoms with Gasteiger partial charge in [0.05, 0.1) is 0 Å². The van der Waals surface area contributed by atoms with E-state index in [4.69, 9.17) is 5.21 Å². The predicted molar refractivity (Wildman–Crippen MR) is 162 cm³/mol. The Bertz CT molecular complexity index is 858. The fourth-order valence-electron chi connectivity index (χ4n) is 4.70. The van der Waals surface area contributed by atoms with Gasteiger partial charge in [-0.25, -0.2) is 5.48 Å². The Labute approximate surface area is 241 Å². The standard InChI is InChI=1S/C32H51N5O3/c38-31(18-9-1-2-10-19-32(39)37-40)36-26-13-25-34-22-11-21-33-23-12-24-35-27-20-30(28-14-5-3-6-15-28)29-16-7-4-8-17-29/h3-8,14-17,30,33-35,40H,1-2,9-13,18-27H2,(H,36,38)(H,37,39). The second kappa shape index (κ2) is 23.0. The number of amides is 2. The molecule has 2 aromatic rings. The zero-order valence-electron chi connectivity index (χ0n) is 24.1. The minimum absolute atomic E-state index is 0.0963. The number of hydrogen-bond acceptors (Lipinski definition) is 6. The largest absolute Gasteiger partial charge is 0.356 e. The quantitative estimate of drug-likeness (QED) is 0.0663. The highest BCUT2D eigenvalue weighted by molar-refractivity contribution is 5.75. The topological polar surface area (TPSA) is 115 Å². The van der Waals surface area contributed by atoms with Crippen molar-refractivity contribution in [3.8, 4) is 0 Å². The third kappa shape index (κ3) is 16.4. The lowest BCUT2D eigenvalue weighted by Gasteiger charge is -2.18. The van der Waals surface area contributed by atoms with E-state index < -0.39 is 0 Å². The number of nitrogens with one attached hydrogen (secondary N) is 5. The summed E-state index contributed by atoms with van der Waals surface area (Å²) in [5.74, 6) is 0.168. The summed E-state index contributed by atoms with van der Waals surface area (Å²) >= 11 is 0. The maximum absolute atomic E-state index is 11.9. The maximum Gasteiger partial charge on any atom is 0.243 e. The summed E-state index contributed by atoms with van der Waals surface area (Å²) in [5.41, 5.74) is 4.39. The first-order valence-corrected chi connectivity index (χ1v) is 15.1. The van der Waals surface area contributed by atoms with Crippen molar-refractivity contribution in [3.63, 3.8) is 0 Å². The molecule has 0 atom stereocenters. The Balaban J connectivity index is 1.35. The first-order chi connectivity index (χ1) is 19.7. The van der Waals surface area contributed by atoms with Crippen molar-refractivity contribution in [2.45, 2.75) is 70.1 Å². The third-order valence-corrected chi connectivity index (χ3v) is 6.96. The van der Waals surface area contributed by atoms with Crippen LogP contribution in [0.25, 0.3) is 0 Å². The molecule has 2 amide bonds. The van der Waals surface area contributed by atoms with Crippen LogP contribution in [0.5, 0.6) is 0 Å². The molecule has 0 aliphatic carbocycles. The SMILES string of the molecule is O=C(CCCCCCC(=O)NCCCNCCCNCCCNCCC(c1ccccc1)c1ccccc1)NO. The van der Waals surface area contributed by atoms with E-state index >= 15 is 0 Å². The Hall–Kier alpha value is -2.78. The summed E-state index contributed by atoms with van der Waals surface area (Å²) < 4.78 is 0. The van der Waals surface area contributed by atoms with Crippen LogP contribution >= 0.6 is 0 Å². The Morgan fingerprint density at radius 2 is 1.00 bits per heavy atom. The van der Waals surface area contributed by atoms with Crippen LogP contribution < -0.4 is 26.7 Å².